The van der Waals surface area contributed by atoms with Gasteiger partial charge in [0.2, 0.25) is 5.91 Å². The number of carbonyl (C=O) groups is 1. The van der Waals surface area contributed by atoms with Gasteiger partial charge in [-0.25, -0.2) is 4.39 Å². The second-order valence-corrected chi connectivity index (χ2v) is 3.45. The summed E-state index contributed by atoms with van der Waals surface area (Å²) in [7, 11) is 1.79. The van der Waals surface area contributed by atoms with Crippen molar-refractivity contribution >= 4 is 11.6 Å². The fraction of sp³-hybridized carbons (Fsp3) is 0.364. The van der Waals surface area contributed by atoms with Crippen molar-refractivity contribution in [2.75, 3.05) is 18.9 Å². The van der Waals surface area contributed by atoms with Crippen LogP contribution in [0.2, 0.25) is 0 Å². The molecular weight excluding hydrogens is 195 g/mol. The van der Waals surface area contributed by atoms with E-state index < -0.39 is 0 Å². The first-order chi connectivity index (χ1) is 7.13. The Labute approximate surface area is 88.7 Å². The zero-order valence-corrected chi connectivity index (χ0v) is 8.88. The monoisotopic (exact) mass is 210 g/mol. The minimum Gasteiger partial charge on any atom is -0.326 e. The Bertz CT molecular complexity index is 324. The number of benzene rings is 1. The van der Waals surface area contributed by atoms with Gasteiger partial charge in [-0.1, -0.05) is 6.92 Å². The molecule has 1 rings (SSSR count). The van der Waals surface area contributed by atoms with E-state index in [1.165, 1.54) is 12.1 Å². The van der Waals surface area contributed by atoms with E-state index >= 15 is 0 Å². The molecule has 1 aromatic carbocycles. The summed E-state index contributed by atoms with van der Waals surface area (Å²) >= 11 is 0. The van der Waals surface area contributed by atoms with Crippen molar-refractivity contribution in [3.63, 3.8) is 0 Å². The third-order valence-corrected chi connectivity index (χ3v) is 2.07. The van der Waals surface area contributed by atoms with Gasteiger partial charge in [0.1, 0.15) is 5.82 Å². The zero-order chi connectivity index (χ0) is 11.3. The molecule has 15 heavy (non-hydrogen) atoms. The lowest BCUT2D eigenvalue weighted by Gasteiger charge is -2.11. The molecule has 0 saturated heterocycles. The van der Waals surface area contributed by atoms with E-state index in [1.807, 2.05) is 6.92 Å². The summed E-state index contributed by atoms with van der Waals surface area (Å²) in [5.74, 6) is -0.493. The minimum atomic E-state index is -0.309. The maximum atomic E-state index is 12.6. The predicted octanol–water partition coefficient (Wildman–Crippen LogP) is 1.62. The third kappa shape index (κ3) is 3.67. The maximum absolute atomic E-state index is 12.6. The molecule has 1 unspecified atom stereocenters. The van der Waals surface area contributed by atoms with Crippen LogP contribution in [0.4, 0.5) is 10.1 Å². The fourth-order valence-electron chi connectivity index (χ4n) is 1.20. The van der Waals surface area contributed by atoms with Crippen molar-refractivity contribution in [2.45, 2.75) is 6.92 Å². The van der Waals surface area contributed by atoms with Crippen molar-refractivity contribution in [1.82, 2.24) is 5.32 Å². The quantitative estimate of drug-likeness (QED) is 0.792. The molecule has 0 aliphatic carbocycles. The molecule has 0 aliphatic heterocycles. The molecule has 82 valence electrons. The molecule has 1 aromatic rings. The topological polar surface area (TPSA) is 41.1 Å². The Morgan fingerprint density at radius 3 is 2.53 bits per heavy atom. The summed E-state index contributed by atoms with van der Waals surface area (Å²) in [6.07, 6.45) is 0. The molecule has 0 bridgehead atoms. The van der Waals surface area contributed by atoms with E-state index in [9.17, 15) is 9.18 Å². The Morgan fingerprint density at radius 1 is 1.40 bits per heavy atom. The maximum Gasteiger partial charge on any atom is 0.228 e. The van der Waals surface area contributed by atoms with Gasteiger partial charge in [-0.05, 0) is 31.3 Å². The van der Waals surface area contributed by atoms with Crippen molar-refractivity contribution in [2.24, 2.45) is 5.92 Å². The normalized spacial score (nSPS) is 12.2. The number of anilines is 1. The second kappa shape index (κ2) is 5.46. The molecule has 1 atom stereocenters. The third-order valence-electron chi connectivity index (χ3n) is 2.07. The molecular formula is C11H15FN2O. The number of amides is 1. The van der Waals surface area contributed by atoms with Crippen LogP contribution in [0.25, 0.3) is 0 Å². The highest BCUT2D eigenvalue weighted by atomic mass is 19.1. The zero-order valence-electron chi connectivity index (χ0n) is 8.88. The highest BCUT2D eigenvalue weighted by Gasteiger charge is 2.11. The Hall–Kier alpha value is -1.42. The lowest BCUT2D eigenvalue weighted by molar-refractivity contribution is -0.119. The van der Waals surface area contributed by atoms with E-state index in [-0.39, 0.29) is 17.6 Å². The van der Waals surface area contributed by atoms with Crippen LogP contribution in [0.3, 0.4) is 0 Å². The van der Waals surface area contributed by atoms with Crippen LogP contribution in [0.1, 0.15) is 6.92 Å². The number of carbonyl (C=O) groups excluding carboxylic acids is 1. The molecule has 0 spiro atoms. The fourth-order valence-corrected chi connectivity index (χ4v) is 1.20. The van der Waals surface area contributed by atoms with Crippen LogP contribution < -0.4 is 10.6 Å². The summed E-state index contributed by atoms with van der Waals surface area (Å²) in [4.78, 5) is 11.5. The highest BCUT2D eigenvalue weighted by molar-refractivity contribution is 5.92. The molecule has 2 N–H and O–H groups in total. The van der Waals surface area contributed by atoms with Gasteiger partial charge in [0.25, 0.3) is 0 Å². The van der Waals surface area contributed by atoms with Crippen LogP contribution in [-0.4, -0.2) is 19.5 Å². The Balaban J connectivity index is 2.54. The first-order valence-corrected chi connectivity index (χ1v) is 4.84. The second-order valence-electron chi connectivity index (χ2n) is 3.45. The molecule has 0 saturated carbocycles. The van der Waals surface area contributed by atoms with Gasteiger partial charge in [0, 0.05) is 18.2 Å². The van der Waals surface area contributed by atoms with E-state index in [4.69, 9.17) is 0 Å². The molecule has 4 heteroatoms. The molecule has 0 aliphatic rings. The van der Waals surface area contributed by atoms with Crippen molar-refractivity contribution in [3.05, 3.63) is 30.1 Å². The number of halogens is 1. The van der Waals surface area contributed by atoms with Gasteiger partial charge in [-0.3, -0.25) is 4.79 Å². The number of hydrogen-bond acceptors (Lipinski definition) is 2. The minimum absolute atomic E-state index is 0.0732. The smallest absolute Gasteiger partial charge is 0.228 e. The standard InChI is InChI=1S/C11H15FN2O/c1-8(7-13-2)11(15)14-10-5-3-9(12)4-6-10/h3-6,8,13H,7H2,1-2H3,(H,14,15). The highest BCUT2D eigenvalue weighted by Crippen LogP contribution is 2.09. The van der Waals surface area contributed by atoms with Crippen LogP contribution in [0.5, 0.6) is 0 Å². The molecule has 3 nitrogen and oxygen atoms in total. The van der Waals surface area contributed by atoms with E-state index in [0.29, 0.717) is 12.2 Å². The largest absolute Gasteiger partial charge is 0.326 e. The van der Waals surface area contributed by atoms with Gasteiger partial charge in [-0.2, -0.15) is 0 Å². The molecule has 0 aromatic heterocycles. The van der Waals surface area contributed by atoms with Gasteiger partial charge < -0.3 is 10.6 Å². The van der Waals surface area contributed by atoms with Crippen LogP contribution in [0, 0.1) is 11.7 Å². The Kier molecular flexibility index (Phi) is 4.24. The van der Waals surface area contributed by atoms with Crippen molar-refractivity contribution in [3.8, 4) is 0 Å². The van der Waals surface area contributed by atoms with Gasteiger partial charge >= 0.3 is 0 Å². The summed E-state index contributed by atoms with van der Waals surface area (Å²) in [5, 5.41) is 5.63. The van der Waals surface area contributed by atoms with Gasteiger partial charge in [-0.15, -0.1) is 0 Å². The van der Waals surface area contributed by atoms with Crippen molar-refractivity contribution in [1.29, 1.82) is 0 Å². The SMILES string of the molecule is CNCC(C)C(=O)Nc1ccc(F)cc1. The van der Waals surface area contributed by atoms with E-state index in [0.717, 1.165) is 0 Å². The summed E-state index contributed by atoms with van der Waals surface area (Å²) in [5.41, 5.74) is 0.615. The predicted molar refractivity (Wildman–Crippen MR) is 58.1 cm³/mol. The summed E-state index contributed by atoms with van der Waals surface area (Å²) in [6.45, 7) is 2.45. The van der Waals surface area contributed by atoms with Crippen LogP contribution in [0.15, 0.2) is 24.3 Å². The molecule has 0 radical (unpaired) electrons. The average Bonchev–Trinajstić information content (AvgIpc) is 2.22. The van der Waals surface area contributed by atoms with Gasteiger partial charge in [0.05, 0.1) is 0 Å². The average molecular weight is 210 g/mol. The first kappa shape index (κ1) is 11.7. The van der Waals surface area contributed by atoms with Crippen molar-refractivity contribution < 1.29 is 9.18 Å². The van der Waals surface area contributed by atoms with Crippen LogP contribution in [-0.2, 0) is 4.79 Å². The van der Waals surface area contributed by atoms with E-state index in [2.05, 4.69) is 10.6 Å². The summed E-state index contributed by atoms with van der Waals surface area (Å²) < 4.78 is 12.6. The molecule has 1 amide bonds. The number of hydrogen-bond donors (Lipinski definition) is 2. The lowest BCUT2D eigenvalue weighted by atomic mass is 10.1. The molecule has 0 fully saturated rings. The lowest BCUT2D eigenvalue weighted by Crippen LogP contribution is -2.28. The van der Waals surface area contributed by atoms with Crippen LogP contribution >= 0.6 is 0 Å². The van der Waals surface area contributed by atoms with Gasteiger partial charge in [0.15, 0.2) is 0 Å². The number of rotatable bonds is 4. The molecule has 0 heterocycles. The Morgan fingerprint density at radius 2 is 2.00 bits per heavy atom. The van der Waals surface area contributed by atoms with E-state index in [1.54, 1.807) is 19.2 Å². The first-order valence-electron chi connectivity index (χ1n) is 4.84. The summed E-state index contributed by atoms with van der Waals surface area (Å²) in [6, 6.07) is 5.72. The number of nitrogens with one attached hydrogen (secondary N) is 2.